The zero-order valence-corrected chi connectivity index (χ0v) is 10.4. The number of halogens is 2. The summed E-state index contributed by atoms with van der Waals surface area (Å²) in [6, 6.07) is 3.66. The molecule has 0 amide bonds. The lowest BCUT2D eigenvalue weighted by molar-refractivity contribution is 0.554. The fraction of sp³-hybridized carbons (Fsp3) is 0.250. The molecule has 6 heteroatoms. The third-order valence-electron chi connectivity index (χ3n) is 1.56. The lowest BCUT2D eigenvalue weighted by Gasteiger charge is -1.90. The third-order valence-corrected chi connectivity index (χ3v) is 3.45. The normalized spacial score (nSPS) is 13.1. The second-order valence-electron chi connectivity index (χ2n) is 2.67. The molecule has 0 fully saturated rings. The van der Waals surface area contributed by atoms with Crippen molar-refractivity contribution in [3.8, 4) is 10.8 Å². The highest BCUT2D eigenvalue weighted by atomic mass is 79.9. The average Bonchev–Trinajstić information content (AvgIpc) is 2.70. The Hall–Kier alpha value is -0.390. The van der Waals surface area contributed by atoms with Crippen LogP contribution in [0, 0.1) is 0 Å². The molecule has 0 aliphatic heterocycles. The van der Waals surface area contributed by atoms with Crippen LogP contribution < -0.4 is 0 Å². The van der Waals surface area contributed by atoms with E-state index >= 15 is 0 Å². The number of hydrogen-bond acceptors (Lipinski definition) is 4. The molecule has 14 heavy (non-hydrogen) atoms. The molecule has 2 heterocycles. The average molecular weight is 294 g/mol. The third kappa shape index (κ3) is 1.99. The summed E-state index contributed by atoms with van der Waals surface area (Å²) >= 11 is 10.5. The van der Waals surface area contributed by atoms with E-state index in [0.29, 0.717) is 10.4 Å². The molecule has 0 aliphatic rings. The number of hydrogen-bond donors (Lipinski definition) is 0. The molecule has 0 radical (unpaired) electrons. The van der Waals surface area contributed by atoms with Gasteiger partial charge in [0.15, 0.2) is 15.4 Å². The summed E-state index contributed by atoms with van der Waals surface area (Å²) in [7, 11) is 0. The maximum Gasteiger partial charge on any atom is 0.183 e. The van der Waals surface area contributed by atoms with E-state index in [1.165, 1.54) is 11.3 Å². The lowest BCUT2D eigenvalue weighted by Crippen LogP contribution is -1.80. The van der Waals surface area contributed by atoms with Crippen LogP contribution in [0.15, 0.2) is 21.2 Å². The SMILES string of the molecule is CC(Cl)c1nnc(-c2ccc(Br)o2)s1. The second-order valence-corrected chi connectivity index (χ2v) is 5.11. The van der Waals surface area contributed by atoms with Crippen molar-refractivity contribution in [2.45, 2.75) is 12.3 Å². The van der Waals surface area contributed by atoms with Crippen molar-refractivity contribution in [1.82, 2.24) is 10.2 Å². The number of rotatable bonds is 2. The quantitative estimate of drug-likeness (QED) is 0.789. The first-order valence-corrected chi connectivity index (χ1v) is 5.94. The molecular weight excluding hydrogens is 288 g/mol. The molecule has 1 atom stereocenters. The molecule has 3 nitrogen and oxygen atoms in total. The Morgan fingerprint density at radius 1 is 1.50 bits per heavy atom. The van der Waals surface area contributed by atoms with Gasteiger partial charge in [0.2, 0.25) is 0 Å². The van der Waals surface area contributed by atoms with Crippen LogP contribution in [-0.4, -0.2) is 10.2 Å². The van der Waals surface area contributed by atoms with E-state index in [4.69, 9.17) is 16.0 Å². The van der Waals surface area contributed by atoms with Crippen LogP contribution in [0.1, 0.15) is 17.3 Å². The minimum absolute atomic E-state index is 0.111. The Morgan fingerprint density at radius 3 is 2.79 bits per heavy atom. The van der Waals surface area contributed by atoms with Crippen LogP contribution in [0.2, 0.25) is 0 Å². The van der Waals surface area contributed by atoms with Gasteiger partial charge in [-0.05, 0) is 35.0 Å². The highest BCUT2D eigenvalue weighted by Gasteiger charge is 2.12. The van der Waals surface area contributed by atoms with E-state index in [-0.39, 0.29) is 5.38 Å². The first-order valence-electron chi connectivity index (χ1n) is 3.90. The van der Waals surface area contributed by atoms with Crippen LogP contribution in [0.25, 0.3) is 10.8 Å². The zero-order valence-electron chi connectivity index (χ0n) is 7.20. The number of aromatic nitrogens is 2. The van der Waals surface area contributed by atoms with Crippen molar-refractivity contribution in [3.63, 3.8) is 0 Å². The molecule has 1 unspecified atom stereocenters. The molecule has 0 spiro atoms. The fourth-order valence-corrected chi connectivity index (χ4v) is 2.14. The Morgan fingerprint density at radius 2 is 2.29 bits per heavy atom. The van der Waals surface area contributed by atoms with Gasteiger partial charge in [-0.1, -0.05) is 11.3 Å². The molecule has 0 saturated heterocycles. The number of alkyl halides is 1. The van der Waals surface area contributed by atoms with Crippen molar-refractivity contribution in [2.75, 3.05) is 0 Å². The minimum atomic E-state index is -0.111. The van der Waals surface area contributed by atoms with E-state index < -0.39 is 0 Å². The predicted octanol–water partition coefficient (Wildman–Crippen LogP) is 3.86. The van der Waals surface area contributed by atoms with Crippen LogP contribution in [0.5, 0.6) is 0 Å². The van der Waals surface area contributed by atoms with E-state index in [0.717, 1.165) is 10.0 Å². The van der Waals surface area contributed by atoms with E-state index in [2.05, 4.69) is 26.1 Å². The Kier molecular flexibility index (Phi) is 2.90. The standard InChI is InChI=1S/C8H6BrClN2OS/c1-4(10)7-11-12-8(14-7)5-2-3-6(9)13-5/h2-4H,1H3. The van der Waals surface area contributed by atoms with Crippen molar-refractivity contribution < 1.29 is 4.42 Å². The minimum Gasteiger partial charge on any atom is -0.447 e. The van der Waals surface area contributed by atoms with Crippen LogP contribution in [0.3, 0.4) is 0 Å². The van der Waals surface area contributed by atoms with Crippen molar-refractivity contribution >= 4 is 38.9 Å². The highest BCUT2D eigenvalue weighted by molar-refractivity contribution is 9.10. The van der Waals surface area contributed by atoms with Gasteiger partial charge in [-0.15, -0.1) is 21.8 Å². The Balaban J connectivity index is 2.33. The topological polar surface area (TPSA) is 38.9 Å². The number of nitrogens with zero attached hydrogens (tertiary/aromatic N) is 2. The van der Waals surface area contributed by atoms with Crippen LogP contribution in [0.4, 0.5) is 0 Å². The maximum absolute atomic E-state index is 5.88. The smallest absolute Gasteiger partial charge is 0.183 e. The Bertz CT molecular complexity index is 440. The zero-order chi connectivity index (χ0) is 10.1. The summed E-state index contributed by atoms with van der Waals surface area (Å²) in [5, 5.41) is 9.39. The largest absolute Gasteiger partial charge is 0.447 e. The van der Waals surface area contributed by atoms with Crippen LogP contribution in [-0.2, 0) is 0 Å². The second kappa shape index (κ2) is 4.00. The van der Waals surface area contributed by atoms with E-state index in [9.17, 15) is 0 Å². The van der Waals surface area contributed by atoms with Gasteiger partial charge in [-0.2, -0.15) is 0 Å². The van der Waals surface area contributed by atoms with E-state index in [1.807, 2.05) is 19.1 Å². The van der Waals surface area contributed by atoms with Crippen molar-refractivity contribution in [2.24, 2.45) is 0 Å². The first-order chi connectivity index (χ1) is 6.66. The lowest BCUT2D eigenvalue weighted by atomic mass is 10.5. The van der Waals surface area contributed by atoms with Gasteiger partial charge in [0.25, 0.3) is 0 Å². The van der Waals surface area contributed by atoms with Gasteiger partial charge >= 0.3 is 0 Å². The molecule has 2 aromatic heterocycles. The molecule has 0 saturated carbocycles. The molecule has 74 valence electrons. The van der Waals surface area contributed by atoms with Gasteiger partial charge in [-0.3, -0.25) is 0 Å². The Labute approximate surface area is 98.2 Å². The van der Waals surface area contributed by atoms with Crippen LogP contribution >= 0.6 is 38.9 Å². The summed E-state index contributed by atoms with van der Waals surface area (Å²) in [5.74, 6) is 0.706. The molecule has 2 aromatic rings. The number of furan rings is 1. The summed E-state index contributed by atoms with van der Waals surface area (Å²) in [6.45, 7) is 1.86. The van der Waals surface area contributed by atoms with E-state index in [1.54, 1.807) is 0 Å². The van der Waals surface area contributed by atoms with Gasteiger partial charge in [0, 0.05) is 0 Å². The van der Waals surface area contributed by atoms with Gasteiger partial charge in [0.05, 0.1) is 5.38 Å². The fourth-order valence-electron chi connectivity index (χ4n) is 0.924. The first kappa shape index (κ1) is 10.1. The van der Waals surface area contributed by atoms with Crippen molar-refractivity contribution in [3.05, 3.63) is 21.8 Å². The summed E-state index contributed by atoms with van der Waals surface area (Å²) in [4.78, 5) is 0. The predicted molar refractivity (Wildman–Crippen MR) is 59.6 cm³/mol. The van der Waals surface area contributed by atoms with Gasteiger partial charge in [0.1, 0.15) is 5.01 Å². The maximum atomic E-state index is 5.88. The molecule has 0 aliphatic carbocycles. The highest BCUT2D eigenvalue weighted by Crippen LogP contribution is 2.31. The van der Waals surface area contributed by atoms with Gasteiger partial charge in [-0.25, -0.2) is 0 Å². The van der Waals surface area contributed by atoms with Crippen molar-refractivity contribution in [1.29, 1.82) is 0 Å². The monoisotopic (exact) mass is 292 g/mol. The molecular formula is C8H6BrClN2OS. The summed E-state index contributed by atoms with van der Waals surface area (Å²) in [6.07, 6.45) is 0. The molecule has 0 aromatic carbocycles. The molecule has 2 rings (SSSR count). The molecule has 0 N–H and O–H groups in total. The molecule has 0 bridgehead atoms. The summed E-state index contributed by atoms with van der Waals surface area (Å²) < 4.78 is 6.03. The van der Waals surface area contributed by atoms with Gasteiger partial charge < -0.3 is 4.42 Å². The summed E-state index contributed by atoms with van der Waals surface area (Å²) in [5.41, 5.74) is 0.